The number of hydrogen-bond donors (Lipinski definition) is 1. The van der Waals surface area contributed by atoms with Gasteiger partial charge in [-0.15, -0.1) is 0 Å². The number of fused-ring (bicyclic) bond motifs is 1. The largest absolute Gasteiger partial charge is 0.436 e. The van der Waals surface area contributed by atoms with Crippen LogP contribution in [0.4, 0.5) is 5.69 Å². The smallest absolute Gasteiger partial charge is 0.228 e. The van der Waals surface area contributed by atoms with E-state index in [-0.39, 0.29) is 0 Å². The fourth-order valence-electron chi connectivity index (χ4n) is 1.73. The Morgan fingerprint density at radius 1 is 1.11 bits per heavy atom. The van der Waals surface area contributed by atoms with E-state index in [1.165, 1.54) is 0 Å². The molecule has 0 aliphatic rings. The number of benzene rings is 2. The Balaban J connectivity index is 2.22. The lowest BCUT2D eigenvalue weighted by molar-refractivity contribution is 0.620. The number of hydrogen-bond acceptors (Lipinski definition) is 3. The Hall–Kier alpha value is -1.71. The third-order valence-corrected chi connectivity index (χ3v) is 3.41. The van der Waals surface area contributed by atoms with Crippen molar-refractivity contribution in [2.24, 2.45) is 0 Å². The van der Waals surface area contributed by atoms with Crippen LogP contribution in [0.15, 0.2) is 40.8 Å². The number of oxazole rings is 1. The van der Waals surface area contributed by atoms with E-state index in [0.29, 0.717) is 38.3 Å². The Labute approximate surface area is 113 Å². The van der Waals surface area contributed by atoms with Gasteiger partial charge < -0.3 is 10.2 Å². The zero-order chi connectivity index (χ0) is 12.7. The lowest BCUT2D eigenvalue weighted by atomic mass is 10.2. The highest BCUT2D eigenvalue weighted by Crippen LogP contribution is 2.34. The first kappa shape index (κ1) is 11.4. The highest BCUT2D eigenvalue weighted by molar-refractivity contribution is 6.43. The van der Waals surface area contributed by atoms with Crippen LogP contribution < -0.4 is 5.73 Å². The van der Waals surface area contributed by atoms with Gasteiger partial charge in [-0.1, -0.05) is 29.3 Å². The summed E-state index contributed by atoms with van der Waals surface area (Å²) < 4.78 is 5.64. The van der Waals surface area contributed by atoms with Crippen LogP contribution in [0.25, 0.3) is 22.6 Å². The second kappa shape index (κ2) is 4.19. The summed E-state index contributed by atoms with van der Waals surface area (Å²) in [6.45, 7) is 0. The van der Waals surface area contributed by atoms with Crippen LogP contribution in [0.2, 0.25) is 10.0 Å². The van der Waals surface area contributed by atoms with Gasteiger partial charge in [-0.25, -0.2) is 4.98 Å². The van der Waals surface area contributed by atoms with Crippen LogP contribution in [0.5, 0.6) is 0 Å². The molecular weight excluding hydrogens is 271 g/mol. The van der Waals surface area contributed by atoms with E-state index in [1.54, 1.807) is 30.3 Å². The predicted molar refractivity (Wildman–Crippen MR) is 73.9 cm³/mol. The Morgan fingerprint density at radius 3 is 2.78 bits per heavy atom. The molecule has 0 aliphatic carbocycles. The van der Waals surface area contributed by atoms with Crippen LogP contribution in [-0.2, 0) is 0 Å². The number of anilines is 1. The van der Waals surface area contributed by atoms with Gasteiger partial charge in [0, 0.05) is 5.69 Å². The quantitative estimate of drug-likeness (QED) is 0.672. The highest BCUT2D eigenvalue weighted by atomic mass is 35.5. The summed E-state index contributed by atoms with van der Waals surface area (Å²) in [5.74, 6) is 0.433. The van der Waals surface area contributed by atoms with E-state index < -0.39 is 0 Å². The van der Waals surface area contributed by atoms with Gasteiger partial charge in [-0.2, -0.15) is 0 Å². The fraction of sp³-hybridized carbons (Fsp3) is 0. The molecule has 1 aromatic heterocycles. The van der Waals surface area contributed by atoms with Crippen molar-refractivity contribution in [3.63, 3.8) is 0 Å². The first-order valence-corrected chi connectivity index (χ1v) is 6.01. The predicted octanol–water partition coefficient (Wildman–Crippen LogP) is 4.38. The summed E-state index contributed by atoms with van der Waals surface area (Å²) in [7, 11) is 0. The summed E-state index contributed by atoms with van der Waals surface area (Å²) >= 11 is 12.1. The maximum absolute atomic E-state index is 6.13. The van der Waals surface area contributed by atoms with Crippen molar-refractivity contribution in [1.29, 1.82) is 0 Å². The van der Waals surface area contributed by atoms with E-state index >= 15 is 0 Å². The summed E-state index contributed by atoms with van der Waals surface area (Å²) in [5, 5.41) is 0.898. The first-order valence-electron chi connectivity index (χ1n) is 5.25. The van der Waals surface area contributed by atoms with E-state index in [1.807, 2.05) is 6.07 Å². The van der Waals surface area contributed by atoms with Gasteiger partial charge in [0.25, 0.3) is 0 Å². The molecule has 0 saturated heterocycles. The average molecular weight is 279 g/mol. The molecule has 0 amide bonds. The standard InChI is InChI=1S/C13H8Cl2N2O/c14-9-3-1-2-8(12(9)15)13-17-10-6-7(16)4-5-11(10)18-13/h1-6H,16H2. The molecule has 0 radical (unpaired) electrons. The lowest BCUT2D eigenvalue weighted by Gasteiger charge is -2.00. The van der Waals surface area contributed by atoms with Gasteiger partial charge in [0.1, 0.15) is 5.52 Å². The SMILES string of the molecule is Nc1ccc2oc(-c3cccc(Cl)c3Cl)nc2c1. The third kappa shape index (κ3) is 1.82. The maximum Gasteiger partial charge on any atom is 0.228 e. The van der Waals surface area contributed by atoms with Gasteiger partial charge in [0.05, 0.1) is 15.6 Å². The maximum atomic E-state index is 6.13. The topological polar surface area (TPSA) is 52.0 Å². The van der Waals surface area contributed by atoms with Crippen molar-refractivity contribution in [2.45, 2.75) is 0 Å². The molecule has 1 heterocycles. The minimum absolute atomic E-state index is 0.429. The van der Waals surface area contributed by atoms with Crippen molar-refractivity contribution in [3.05, 3.63) is 46.4 Å². The molecule has 2 aromatic carbocycles. The van der Waals surface area contributed by atoms with E-state index in [0.717, 1.165) is 0 Å². The van der Waals surface area contributed by atoms with E-state index in [4.69, 9.17) is 33.4 Å². The fourth-order valence-corrected chi connectivity index (χ4v) is 2.11. The summed E-state index contributed by atoms with van der Waals surface area (Å²) in [5.41, 5.74) is 8.36. The van der Waals surface area contributed by atoms with Gasteiger partial charge in [-0.3, -0.25) is 0 Å². The molecule has 0 aliphatic heterocycles. The molecule has 3 nitrogen and oxygen atoms in total. The second-order valence-corrected chi connectivity index (χ2v) is 4.63. The van der Waals surface area contributed by atoms with Gasteiger partial charge in [0.15, 0.2) is 5.58 Å². The first-order chi connectivity index (χ1) is 8.65. The zero-order valence-corrected chi connectivity index (χ0v) is 10.7. The minimum atomic E-state index is 0.429. The normalized spacial score (nSPS) is 11.0. The average Bonchev–Trinajstić information content (AvgIpc) is 2.75. The summed E-state index contributed by atoms with van der Waals surface area (Å²) in [6.07, 6.45) is 0. The molecule has 2 N–H and O–H groups in total. The van der Waals surface area contributed by atoms with E-state index in [2.05, 4.69) is 4.98 Å². The number of aromatic nitrogens is 1. The number of nitrogens with two attached hydrogens (primary N) is 1. The van der Waals surface area contributed by atoms with Crippen LogP contribution in [0.1, 0.15) is 0 Å². The molecular formula is C13H8Cl2N2O. The molecule has 3 rings (SSSR count). The van der Waals surface area contributed by atoms with Crippen molar-refractivity contribution in [1.82, 2.24) is 4.98 Å². The number of rotatable bonds is 1. The van der Waals surface area contributed by atoms with Crippen molar-refractivity contribution < 1.29 is 4.42 Å². The summed E-state index contributed by atoms with van der Waals surface area (Å²) in [6, 6.07) is 10.6. The molecule has 5 heteroatoms. The summed E-state index contributed by atoms with van der Waals surface area (Å²) in [4.78, 5) is 4.36. The Kier molecular flexibility index (Phi) is 2.65. The number of nitrogen functional groups attached to an aromatic ring is 1. The van der Waals surface area contributed by atoms with Crippen LogP contribution in [-0.4, -0.2) is 4.98 Å². The van der Waals surface area contributed by atoms with Crippen molar-refractivity contribution in [3.8, 4) is 11.5 Å². The molecule has 0 unspecified atom stereocenters. The number of halogens is 2. The van der Waals surface area contributed by atoms with Crippen molar-refractivity contribution >= 4 is 40.0 Å². The molecule has 0 atom stereocenters. The third-order valence-electron chi connectivity index (χ3n) is 2.59. The van der Waals surface area contributed by atoms with Crippen molar-refractivity contribution in [2.75, 3.05) is 5.73 Å². The molecule has 0 saturated carbocycles. The van der Waals surface area contributed by atoms with Crippen LogP contribution >= 0.6 is 23.2 Å². The highest BCUT2D eigenvalue weighted by Gasteiger charge is 2.13. The monoisotopic (exact) mass is 278 g/mol. The van der Waals surface area contributed by atoms with Crippen LogP contribution in [0.3, 0.4) is 0 Å². The van der Waals surface area contributed by atoms with Gasteiger partial charge in [0.2, 0.25) is 5.89 Å². The zero-order valence-electron chi connectivity index (χ0n) is 9.15. The lowest BCUT2D eigenvalue weighted by Crippen LogP contribution is -1.82. The van der Waals surface area contributed by atoms with Crippen LogP contribution in [0, 0.1) is 0 Å². The van der Waals surface area contributed by atoms with Gasteiger partial charge in [-0.05, 0) is 30.3 Å². The molecule has 3 aromatic rings. The molecule has 0 bridgehead atoms. The van der Waals surface area contributed by atoms with E-state index in [9.17, 15) is 0 Å². The molecule has 0 spiro atoms. The molecule has 18 heavy (non-hydrogen) atoms. The second-order valence-electron chi connectivity index (χ2n) is 3.85. The number of nitrogens with zero attached hydrogens (tertiary/aromatic N) is 1. The van der Waals surface area contributed by atoms with Gasteiger partial charge >= 0.3 is 0 Å². The molecule has 0 fully saturated rings. The Bertz CT molecular complexity index is 737. The Morgan fingerprint density at radius 2 is 1.94 bits per heavy atom. The molecule has 90 valence electrons. The minimum Gasteiger partial charge on any atom is -0.436 e.